The molecule has 0 amide bonds. The summed E-state index contributed by atoms with van der Waals surface area (Å²) in [6.45, 7) is 8.55. The number of hydrogen-bond donors (Lipinski definition) is 1. The van der Waals surface area contributed by atoms with Gasteiger partial charge in [0.25, 0.3) is 0 Å². The van der Waals surface area contributed by atoms with Gasteiger partial charge in [-0.3, -0.25) is 0 Å². The molecule has 11 heteroatoms. The topological polar surface area (TPSA) is 91.0 Å². The number of sulfonamides is 1. The Balaban J connectivity index is 0.00000312. The van der Waals surface area contributed by atoms with E-state index in [9.17, 15) is 8.42 Å². The van der Waals surface area contributed by atoms with Gasteiger partial charge in [-0.05, 0) is 6.92 Å². The first kappa shape index (κ1) is 22.2. The molecular weight excluding hydrogens is 481 g/mol. The molecule has 2 rings (SSSR count). The molecule has 0 aliphatic carbocycles. The van der Waals surface area contributed by atoms with E-state index in [4.69, 9.17) is 11.6 Å². The zero-order chi connectivity index (χ0) is 17.6. The quantitative estimate of drug-likeness (QED) is 0.359. The average molecular weight is 504 g/mol. The summed E-state index contributed by atoms with van der Waals surface area (Å²) in [4.78, 5) is 6.41. The molecule has 0 bridgehead atoms. The lowest BCUT2D eigenvalue weighted by Crippen LogP contribution is -2.53. The lowest BCUT2D eigenvalue weighted by molar-refractivity contribution is 0.260. The Morgan fingerprint density at radius 2 is 2.12 bits per heavy atom. The second-order valence-corrected chi connectivity index (χ2v) is 7.82. The van der Waals surface area contributed by atoms with Gasteiger partial charge in [0, 0.05) is 43.8 Å². The molecule has 2 heterocycles. The average Bonchev–Trinajstić information content (AvgIpc) is 3.03. The van der Waals surface area contributed by atoms with Crippen LogP contribution in [0.4, 0.5) is 0 Å². The summed E-state index contributed by atoms with van der Waals surface area (Å²) < 4.78 is 31.0. The zero-order valence-corrected chi connectivity index (χ0v) is 17.9. The fraction of sp³-hybridized carbons (Fsp3) is 0.571. The molecule has 0 saturated carbocycles. The van der Waals surface area contributed by atoms with E-state index in [1.807, 2.05) is 11.8 Å². The van der Waals surface area contributed by atoms with Crippen LogP contribution in [0.15, 0.2) is 33.5 Å². The SMILES string of the molecule is C=C(Cl)CN=C(NCC)N1CCN(S(=O)(=O)Cc2ccon2)CC1.I. The van der Waals surface area contributed by atoms with Crippen LogP contribution in [0, 0.1) is 0 Å². The van der Waals surface area contributed by atoms with Crippen molar-refractivity contribution in [1.29, 1.82) is 0 Å². The van der Waals surface area contributed by atoms with Gasteiger partial charge < -0.3 is 14.7 Å². The van der Waals surface area contributed by atoms with Crippen molar-refractivity contribution in [1.82, 2.24) is 19.7 Å². The minimum Gasteiger partial charge on any atom is -0.364 e. The van der Waals surface area contributed by atoms with Crippen molar-refractivity contribution in [2.24, 2.45) is 4.99 Å². The molecule has 1 aliphatic heterocycles. The van der Waals surface area contributed by atoms with Gasteiger partial charge in [0.1, 0.15) is 12.0 Å². The molecule has 0 unspecified atom stereocenters. The van der Waals surface area contributed by atoms with Gasteiger partial charge in [0.15, 0.2) is 5.96 Å². The Morgan fingerprint density at radius 1 is 1.44 bits per heavy atom. The number of aromatic nitrogens is 1. The van der Waals surface area contributed by atoms with Gasteiger partial charge in [-0.2, -0.15) is 4.31 Å². The fourth-order valence-corrected chi connectivity index (χ4v) is 3.84. The van der Waals surface area contributed by atoms with Crippen molar-refractivity contribution >= 4 is 51.6 Å². The summed E-state index contributed by atoms with van der Waals surface area (Å²) in [5, 5.41) is 7.30. The highest BCUT2D eigenvalue weighted by molar-refractivity contribution is 14.0. The molecule has 0 radical (unpaired) electrons. The lowest BCUT2D eigenvalue weighted by Gasteiger charge is -2.35. The Bertz CT molecular complexity index is 673. The number of aliphatic imine (C=N–C) groups is 1. The van der Waals surface area contributed by atoms with Crippen LogP contribution in [0.2, 0.25) is 0 Å². The van der Waals surface area contributed by atoms with Gasteiger partial charge in [0.2, 0.25) is 10.0 Å². The Hall–Kier alpha value is -0.850. The van der Waals surface area contributed by atoms with E-state index in [2.05, 4.69) is 26.6 Å². The number of rotatable bonds is 6. The van der Waals surface area contributed by atoms with Gasteiger partial charge in [-0.25, -0.2) is 13.4 Å². The number of nitrogens with one attached hydrogen (secondary N) is 1. The van der Waals surface area contributed by atoms with Crippen LogP contribution in [0.1, 0.15) is 12.6 Å². The van der Waals surface area contributed by atoms with Gasteiger partial charge in [-0.15, -0.1) is 24.0 Å². The predicted molar refractivity (Wildman–Crippen MR) is 109 cm³/mol. The van der Waals surface area contributed by atoms with Crippen molar-refractivity contribution < 1.29 is 12.9 Å². The van der Waals surface area contributed by atoms with E-state index in [0.717, 1.165) is 6.54 Å². The molecule has 0 aromatic carbocycles. The lowest BCUT2D eigenvalue weighted by atomic mass is 10.4. The van der Waals surface area contributed by atoms with Crippen LogP contribution in [0.5, 0.6) is 0 Å². The van der Waals surface area contributed by atoms with Gasteiger partial charge >= 0.3 is 0 Å². The summed E-state index contributed by atoms with van der Waals surface area (Å²) in [7, 11) is -3.40. The summed E-state index contributed by atoms with van der Waals surface area (Å²) in [5.74, 6) is 0.567. The molecule has 1 fully saturated rings. The van der Waals surface area contributed by atoms with E-state index in [0.29, 0.717) is 49.4 Å². The highest BCUT2D eigenvalue weighted by atomic mass is 127. The number of nitrogens with zero attached hydrogens (tertiary/aromatic N) is 4. The van der Waals surface area contributed by atoms with Crippen LogP contribution < -0.4 is 5.32 Å². The summed E-state index contributed by atoms with van der Waals surface area (Å²) in [6, 6.07) is 1.56. The minimum atomic E-state index is -3.40. The fourth-order valence-electron chi connectivity index (χ4n) is 2.35. The number of halogens is 2. The molecule has 25 heavy (non-hydrogen) atoms. The number of guanidine groups is 1. The van der Waals surface area contributed by atoms with Crippen LogP contribution in [0.25, 0.3) is 0 Å². The molecule has 1 N–H and O–H groups in total. The smallest absolute Gasteiger partial charge is 0.220 e. The minimum absolute atomic E-state index is 0. The van der Waals surface area contributed by atoms with E-state index < -0.39 is 10.0 Å². The second kappa shape index (κ2) is 10.3. The summed E-state index contributed by atoms with van der Waals surface area (Å²) in [6.07, 6.45) is 1.37. The number of hydrogen-bond acceptors (Lipinski definition) is 5. The monoisotopic (exact) mass is 503 g/mol. The predicted octanol–water partition coefficient (Wildman–Crippen LogP) is 1.46. The van der Waals surface area contributed by atoms with Crippen molar-refractivity contribution in [3.8, 4) is 0 Å². The third-order valence-electron chi connectivity index (χ3n) is 3.49. The highest BCUT2D eigenvalue weighted by Crippen LogP contribution is 2.13. The third-order valence-corrected chi connectivity index (χ3v) is 5.42. The zero-order valence-electron chi connectivity index (χ0n) is 14.0. The second-order valence-electron chi connectivity index (χ2n) is 5.32. The van der Waals surface area contributed by atoms with Gasteiger partial charge in [-0.1, -0.05) is 23.3 Å². The Labute approximate surface area is 170 Å². The molecule has 0 atom stereocenters. The van der Waals surface area contributed by atoms with Crippen molar-refractivity contribution in [3.05, 3.63) is 29.6 Å². The van der Waals surface area contributed by atoms with E-state index in [1.165, 1.54) is 10.6 Å². The maximum atomic E-state index is 12.4. The third kappa shape index (κ3) is 6.76. The largest absolute Gasteiger partial charge is 0.364 e. The normalized spacial score (nSPS) is 16.4. The Kier molecular flexibility index (Phi) is 9.17. The molecule has 1 aromatic rings. The molecule has 1 aromatic heterocycles. The molecule has 1 saturated heterocycles. The number of piperazine rings is 1. The first-order chi connectivity index (χ1) is 11.4. The summed E-state index contributed by atoms with van der Waals surface area (Å²) >= 11 is 5.76. The van der Waals surface area contributed by atoms with Crippen molar-refractivity contribution in [2.45, 2.75) is 12.7 Å². The maximum Gasteiger partial charge on any atom is 0.220 e. The van der Waals surface area contributed by atoms with Gasteiger partial charge in [0.05, 0.1) is 12.2 Å². The summed E-state index contributed by atoms with van der Waals surface area (Å²) in [5.41, 5.74) is 0.410. The van der Waals surface area contributed by atoms with Crippen LogP contribution in [0.3, 0.4) is 0 Å². The first-order valence-electron chi connectivity index (χ1n) is 7.66. The van der Waals surface area contributed by atoms with Crippen LogP contribution >= 0.6 is 35.6 Å². The highest BCUT2D eigenvalue weighted by Gasteiger charge is 2.28. The molecule has 8 nitrogen and oxygen atoms in total. The van der Waals surface area contributed by atoms with E-state index in [1.54, 1.807) is 6.07 Å². The van der Waals surface area contributed by atoms with Crippen molar-refractivity contribution in [2.75, 3.05) is 39.3 Å². The van der Waals surface area contributed by atoms with E-state index in [-0.39, 0.29) is 29.7 Å². The molecule has 0 spiro atoms. The van der Waals surface area contributed by atoms with E-state index >= 15 is 0 Å². The molecule has 1 aliphatic rings. The van der Waals surface area contributed by atoms with Crippen molar-refractivity contribution in [3.63, 3.8) is 0 Å². The first-order valence-corrected chi connectivity index (χ1v) is 9.64. The standard InChI is InChI=1S/C14H22ClN5O3S.HI/c1-3-16-14(17-10-12(2)15)19-5-7-20(8-6-19)24(21,22)11-13-4-9-23-18-13;/h4,9H,2-3,5-8,10-11H2,1H3,(H,16,17);1H. The van der Waals surface area contributed by atoms with Crippen LogP contribution in [-0.2, 0) is 15.8 Å². The maximum absolute atomic E-state index is 12.4. The van der Waals surface area contributed by atoms with Crippen LogP contribution in [-0.4, -0.2) is 68.0 Å². The molecule has 142 valence electrons. The molecular formula is C14H23ClIN5O3S. The Morgan fingerprint density at radius 3 is 2.64 bits per heavy atom.